The molecule has 2 aromatic carbocycles. The Morgan fingerprint density at radius 1 is 1.25 bits per heavy atom. The Morgan fingerprint density at radius 2 is 2.07 bits per heavy atom. The lowest BCUT2D eigenvalue weighted by molar-refractivity contribution is -0.119. The summed E-state index contributed by atoms with van der Waals surface area (Å²) in [4.78, 5) is 28.4. The minimum absolute atomic E-state index is 0.248. The molecular weight excluding hydrogens is 452 g/mol. The number of carbonyl (C=O) groups is 2. The van der Waals surface area contributed by atoms with Gasteiger partial charge in [0.05, 0.1) is 24.0 Å². The van der Waals surface area contributed by atoms with E-state index in [1.807, 2.05) is 0 Å². The molecule has 0 aliphatic carbocycles. The summed E-state index contributed by atoms with van der Waals surface area (Å²) in [6.07, 6.45) is 2.85. The van der Waals surface area contributed by atoms with Crippen molar-refractivity contribution in [3.63, 3.8) is 0 Å². The van der Waals surface area contributed by atoms with Crippen molar-refractivity contribution in [2.24, 2.45) is 0 Å². The molecule has 0 saturated carbocycles. The number of aromatic nitrogens is 3. The Kier molecular flexibility index (Phi) is 6.27. The van der Waals surface area contributed by atoms with Gasteiger partial charge in [0, 0.05) is 9.50 Å². The van der Waals surface area contributed by atoms with E-state index >= 15 is 0 Å². The van der Waals surface area contributed by atoms with Gasteiger partial charge in [-0.15, -0.1) is 0 Å². The van der Waals surface area contributed by atoms with E-state index in [1.54, 1.807) is 30.3 Å². The van der Waals surface area contributed by atoms with E-state index < -0.39 is 18.5 Å². The van der Waals surface area contributed by atoms with Gasteiger partial charge in [-0.05, 0) is 52.3 Å². The summed E-state index contributed by atoms with van der Waals surface area (Å²) in [6, 6.07) is 9.78. The number of hydrogen-bond acceptors (Lipinski definition) is 6. The van der Waals surface area contributed by atoms with E-state index in [0.29, 0.717) is 26.6 Å². The summed E-state index contributed by atoms with van der Waals surface area (Å²) in [5.41, 5.74) is 1.22. The van der Waals surface area contributed by atoms with Crippen molar-refractivity contribution in [1.82, 2.24) is 14.8 Å². The molecule has 1 amide bonds. The molecule has 3 rings (SSSR count). The van der Waals surface area contributed by atoms with Crippen LogP contribution in [0.1, 0.15) is 10.4 Å². The summed E-state index contributed by atoms with van der Waals surface area (Å²) in [5.74, 6) is -0.699. The first-order chi connectivity index (χ1) is 13.5. The third-order valence-electron chi connectivity index (χ3n) is 3.63. The maximum absolute atomic E-state index is 12.3. The quantitative estimate of drug-likeness (QED) is 0.560. The molecule has 8 nitrogen and oxygen atoms in total. The van der Waals surface area contributed by atoms with Crippen LogP contribution in [0.3, 0.4) is 0 Å². The molecule has 3 aromatic rings. The number of methoxy groups -OCH3 is 1. The van der Waals surface area contributed by atoms with Gasteiger partial charge in [0.15, 0.2) is 6.61 Å². The lowest BCUT2D eigenvalue weighted by Crippen LogP contribution is -2.22. The highest BCUT2D eigenvalue weighted by Gasteiger charge is 2.16. The largest absolute Gasteiger partial charge is 0.497 e. The second-order valence-corrected chi connectivity index (χ2v) is 6.76. The maximum Gasteiger partial charge on any atom is 0.339 e. The van der Waals surface area contributed by atoms with E-state index in [4.69, 9.17) is 21.1 Å². The highest BCUT2D eigenvalue weighted by atomic mass is 79.9. The third-order valence-corrected chi connectivity index (χ3v) is 4.55. The molecule has 1 aromatic heterocycles. The van der Waals surface area contributed by atoms with Crippen molar-refractivity contribution in [2.45, 2.75) is 0 Å². The Balaban J connectivity index is 1.68. The van der Waals surface area contributed by atoms with E-state index in [9.17, 15) is 9.59 Å². The van der Waals surface area contributed by atoms with Crippen LogP contribution in [-0.4, -0.2) is 40.4 Å². The molecule has 10 heteroatoms. The molecule has 0 saturated heterocycles. The molecule has 0 fully saturated rings. The zero-order valence-corrected chi connectivity index (χ0v) is 16.9. The van der Waals surface area contributed by atoms with Crippen molar-refractivity contribution < 1.29 is 19.1 Å². The van der Waals surface area contributed by atoms with Crippen LogP contribution in [0.5, 0.6) is 5.75 Å². The van der Waals surface area contributed by atoms with Gasteiger partial charge >= 0.3 is 5.97 Å². The molecule has 144 valence electrons. The second-order valence-electron chi connectivity index (χ2n) is 5.47. The summed E-state index contributed by atoms with van der Waals surface area (Å²) in [5, 5.41) is 7.12. The molecule has 28 heavy (non-hydrogen) atoms. The molecule has 0 aliphatic heterocycles. The maximum atomic E-state index is 12.3. The fourth-order valence-electron chi connectivity index (χ4n) is 2.32. The van der Waals surface area contributed by atoms with Gasteiger partial charge in [-0.2, -0.15) is 5.10 Å². The van der Waals surface area contributed by atoms with Crippen molar-refractivity contribution in [2.75, 3.05) is 19.0 Å². The van der Waals surface area contributed by atoms with Gasteiger partial charge in [-0.1, -0.05) is 11.6 Å². The molecule has 0 spiro atoms. The zero-order chi connectivity index (χ0) is 20.1. The predicted molar refractivity (Wildman–Crippen MR) is 106 cm³/mol. The lowest BCUT2D eigenvalue weighted by atomic mass is 10.2. The average molecular weight is 466 g/mol. The SMILES string of the molecule is COc1ccc(Br)c(C(=O)OCC(=O)Nc2cc(Cl)ccc2-n2cncn2)c1. The Labute approximate surface area is 173 Å². The number of nitrogens with zero attached hydrogens (tertiary/aromatic N) is 3. The average Bonchev–Trinajstić information content (AvgIpc) is 3.21. The van der Waals surface area contributed by atoms with Crippen LogP contribution < -0.4 is 10.1 Å². The number of esters is 1. The number of benzene rings is 2. The summed E-state index contributed by atoms with van der Waals surface area (Å²) in [7, 11) is 1.49. The van der Waals surface area contributed by atoms with Crippen molar-refractivity contribution in [3.05, 3.63) is 64.1 Å². The van der Waals surface area contributed by atoms with Gasteiger partial charge < -0.3 is 14.8 Å². The van der Waals surface area contributed by atoms with Gasteiger partial charge in [0.1, 0.15) is 18.4 Å². The van der Waals surface area contributed by atoms with E-state index in [2.05, 4.69) is 31.3 Å². The number of nitrogens with one attached hydrogen (secondary N) is 1. The van der Waals surface area contributed by atoms with Gasteiger partial charge in [-0.3, -0.25) is 4.79 Å². The number of hydrogen-bond donors (Lipinski definition) is 1. The van der Waals surface area contributed by atoms with Crippen LogP contribution in [0.25, 0.3) is 5.69 Å². The van der Waals surface area contributed by atoms with Crippen LogP contribution in [0, 0.1) is 0 Å². The fourth-order valence-corrected chi connectivity index (χ4v) is 2.90. The van der Waals surface area contributed by atoms with E-state index in [-0.39, 0.29) is 5.56 Å². The number of anilines is 1. The lowest BCUT2D eigenvalue weighted by Gasteiger charge is -2.12. The zero-order valence-electron chi connectivity index (χ0n) is 14.6. The number of halogens is 2. The summed E-state index contributed by atoms with van der Waals surface area (Å²) in [6.45, 7) is -0.480. The Bertz CT molecular complexity index is 1010. The smallest absolute Gasteiger partial charge is 0.339 e. The Hall–Kier alpha value is -2.91. The number of rotatable bonds is 6. The minimum Gasteiger partial charge on any atom is -0.497 e. The molecule has 0 radical (unpaired) electrons. The number of ether oxygens (including phenoxy) is 2. The monoisotopic (exact) mass is 464 g/mol. The van der Waals surface area contributed by atoms with Crippen LogP contribution >= 0.6 is 27.5 Å². The van der Waals surface area contributed by atoms with Crippen molar-refractivity contribution >= 4 is 45.1 Å². The highest BCUT2D eigenvalue weighted by Crippen LogP contribution is 2.25. The molecule has 0 atom stereocenters. The topological polar surface area (TPSA) is 95.3 Å². The second kappa shape index (κ2) is 8.85. The van der Waals surface area contributed by atoms with E-state index in [0.717, 1.165) is 0 Å². The first kappa shape index (κ1) is 19.8. The number of carbonyl (C=O) groups excluding carboxylic acids is 2. The third kappa shape index (κ3) is 4.68. The number of amides is 1. The minimum atomic E-state index is -0.663. The van der Waals surface area contributed by atoms with Crippen LogP contribution in [-0.2, 0) is 9.53 Å². The van der Waals surface area contributed by atoms with Gasteiger partial charge in [-0.25, -0.2) is 14.5 Å². The fraction of sp³-hybridized carbons (Fsp3) is 0.111. The standard InChI is InChI=1S/C18H14BrClN4O4/c1-27-12-3-4-14(19)13(7-12)18(26)28-8-17(25)23-15-6-11(20)2-5-16(15)24-10-21-9-22-24/h2-7,9-10H,8H2,1H3,(H,23,25). The van der Waals surface area contributed by atoms with Crippen molar-refractivity contribution in [3.8, 4) is 11.4 Å². The molecule has 0 aliphatic rings. The molecular formula is C18H14BrClN4O4. The van der Waals surface area contributed by atoms with Gasteiger partial charge in [0.2, 0.25) is 0 Å². The molecule has 1 N–H and O–H groups in total. The molecule has 0 unspecified atom stereocenters. The highest BCUT2D eigenvalue weighted by molar-refractivity contribution is 9.10. The first-order valence-electron chi connectivity index (χ1n) is 7.93. The van der Waals surface area contributed by atoms with Crippen LogP contribution in [0.2, 0.25) is 5.02 Å². The normalized spacial score (nSPS) is 10.4. The first-order valence-corrected chi connectivity index (χ1v) is 9.10. The van der Waals surface area contributed by atoms with Crippen LogP contribution in [0.4, 0.5) is 5.69 Å². The predicted octanol–water partition coefficient (Wildman–Crippen LogP) is 3.49. The van der Waals surface area contributed by atoms with Gasteiger partial charge in [0.25, 0.3) is 5.91 Å². The molecule has 1 heterocycles. The Morgan fingerprint density at radius 3 is 2.79 bits per heavy atom. The van der Waals surface area contributed by atoms with E-state index in [1.165, 1.54) is 30.5 Å². The summed E-state index contributed by atoms with van der Waals surface area (Å²) < 4.78 is 12.2. The van der Waals surface area contributed by atoms with Crippen LogP contribution in [0.15, 0.2) is 53.5 Å². The summed E-state index contributed by atoms with van der Waals surface area (Å²) >= 11 is 9.29. The molecule has 0 bridgehead atoms. The van der Waals surface area contributed by atoms with Crippen molar-refractivity contribution in [1.29, 1.82) is 0 Å².